The van der Waals surface area contributed by atoms with Gasteiger partial charge in [0, 0.05) is 42.3 Å². The molecule has 5 rings (SSSR count). The lowest BCUT2D eigenvalue weighted by atomic mass is 9.89. The molecular formula is C25H28FN3O. The second-order valence-electron chi connectivity index (χ2n) is 8.58. The third kappa shape index (κ3) is 3.74. The van der Waals surface area contributed by atoms with Crippen molar-refractivity contribution in [1.29, 1.82) is 0 Å². The number of amides is 1. The summed E-state index contributed by atoms with van der Waals surface area (Å²) in [5.41, 5.74) is 4.61. The number of benzene rings is 2. The lowest BCUT2D eigenvalue weighted by molar-refractivity contribution is -0.119. The van der Waals surface area contributed by atoms with Crippen molar-refractivity contribution in [1.82, 2.24) is 9.88 Å². The number of fused-ring (bicyclic) bond motifs is 2. The molecule has 1 fully saturated rings. The average molecular weight is 406 g/mol. The maximum Gasteiger partial charge on any atom is 0.228 e. The number of carbonyl (C=O) groups excluding carboxylic acids is 1. The maximum absolute atomic E-state index is 13.7. The molecule has 0 radical (unpaired) electrons. The summed E-state index contributed by atoms with van der Waals surface area (Å²) in [5.74, 6) is 0.497. The van der Waals surface area contributed by atoms with E-state index in [1.807, 2.05) is 23.2 Å². The topological polar surface area (TPSA) is 39.3 Å². The van der Waals surface area contributed by atoms with Crippen molar-refractivity contribution in [2.75, 3.05) is 31.1 Å². The van der Waals surface area contributed by atoms with Crippen LogP contribution in [0.3, 0.4) is 0 Å². The van der Waals surface area contributed by atoms with Crippen molar-refractivity contribution in [3.05, 3.63) is 65.6 Å². The van der Waals surface area contributed by atoms with E-state index in [9.17, 15) is 9.18 Å². The molecule has 2 aliphatic heterocycles. The fraction of sp³-hybridized carbons (Fsp3) is 0.400. The maximum atomic E-state index is 13.7. The fourth-order valence-corrected chi connectivity index (χ4v) is 5.10. The summed E-state index contributed by atoms with van der Waals surface area (Å²) in [5, 5.41) is 1.01. The SMILES string of the molecule is O=C(CCN1CCC(c2c[nH]c3ccc(F)cc23)CC1)N1CCCc2ccccc21. The molecule has 4 nitrogen and oxygen atoms in total. The summed E-state index contributed by atoms with van der Waals surface area (Å²) in [6.07, 6.45) is 6.80. The first-order valence-electron chi connectivity index (χ1n) is 11.1. The molecule has 0 aliphatic carbocycles. The number of nitrogens with one attached hydrogen (secondary N) is 1. The van der Waals surface area contributed by atoms with Gasteiger partial charge in [0.25, 0.3) is 0 Å². The second kappa shape index (κ2) is 8.23. The van der Waals surface area contributed by atoms with Crippen molar-refractivity contribution in [3.63, 3.8) is 0 Å². The molecule has 0 atom stereocenters. The van der Waals surface area contributed by atoms with Gasteiger partial charge >= 0.3 is 0 Å². The molecule has 0 saturated carbocycles. The van der Waals surface area contributed by atoms with Crippen LogP contribution in [0.1, 0.15) is 42.7 Å². The van der Waals surface area contributed by atoms with E-state index in [4.69, 9.17) is 0 Å². The van der Waals surface area contributed by atoms with E-state index < -0.39 is 0 Å². The first kappa shape index (κ1) is 19.3. The summed E-state index contributed by atoms with van der Waals surface area (Å²) in [6, 6.07) is 13.2. The van der Waals surface area contributed by atoms with E-state index in [0.717, 1.165) is 68.5 Å². The third-order valence-electron chi connectivity index (χ3n) is 6.76. The van der Waals surface area contributed by atoms with Crippen LogP contribution in [0.4, 0.5) is 10.1 Å². The summed E-state index contributed by atoms with van der Waals surface area (Å²) in [4.78, 5) is 20.6. The molecular weight excluding hydrogens is 377 g/mol. The van der Waals surface area contributed by atoms with Crippen LogP contribution >= 0.6 is 0 Å². The summed E-state index contributed by atoms with van der Waals surface area (Å²) in [7, 11) is 0. The predicted octanol–water partition coefficient (Wildman–Crippen LogP) is 4.86. The van der Waals surface area contributed by atoms with Crippen LogP contribution in [0.2, 0.25) is 0 Å². The Morgan fingerprint density at radius 3 is 2.80 bits per heavy atom. The number of aryl methyl sites for hydroxylation is 1. The van der Waals surface area contributed by atoms with Crippen LogP contribution < -0.4 is 4.90 Å². The zero-order valence-electron chi connectivity index (χ0n) is 17.2. The lowest BCUT2D eigenvalue weighted by Gasteiger charge is -2.33. The van der Waals surface area contributed by atoms with Gasteiger partial charge in [0.05, 0.1) is 0 Å². The average Bonchev–Trinajstić information content (AvgIpc) is 3.20. The van der Waals surface area contributed by atoms with Crippen LogP contribution in [0.5, 0.6) is 0 Å². The smallest absolute Gasteiger partial charge is 0.228 e. The van der Waals surface area contributed by atoms with E-state index in [2.05, 4.69) is 28.1 Å². The summed E-state index contributed by atoms with van der Waals surface area (Å²) >= 11 is 0. The third-order valence-corrected chi connectivity index (χ3v) is 6.76. The fourth-order valence-electron chi connectivity index (χ4n) is 5.10. The monoisotopic (exact) mass is 405 g/mol. The van der Waals surface area contributed by atoms with Crippen LogP contribution in [0.15, 0.2) is 48.7 Å². The molecule has 2 aliphatic rings. The van der Waals surface area contributed by atoms with Crippen molar-refractivity contribution in [2.45, 2.75) is 38.0 Å². The molecule has 1 N–H and O–H groups in total. The van der Waals surface area contributed by atoms with Gasteiger partial charge in [0.15, 0.2) is 0 Å². The number of rotatable bonds is 4. The van der Waals surface area contributed by atoms with Gasteiger partial charge in [0.2, 0.25) is 5.91 Å². The van der Waals surface area contributed by atoms with Crippen molar-refractivity contribution < 1.29 is 9.18 Å². The van der Waals surface area contributed by atoms with Gasteiger partial charge in [-0.1, -0.05) is 18.2 Å². The Labute approximate surface area is 176 Å². The molecule has 5 heteroatoms. The summed E-state index contributed by atoms with van der Waals surface area (Å²) in [6.45, 7) is 3.61. The second-order valence-corrected chi connectivity index (χ2v) is 8.58. The molecule has 30 heavy (non-hydrogen) atoms. The normalized spacial score (nSPS) is 18.0. The van der Waals surface area contributed by atoms with Crippen LogP contribution in [-0.4, -0.2) is 42.0 Å². The number of anilines is 1. The largest absolute Gasteiger partial charge is 0.361 e. The highest BCUT2D eigenvalue weighted by Crippen LogP contribution is 2.33. The highest BCUT2D eigenvalue weighted by Gasteiger charge is 2.25. The number of likely N-dealkylation sites (tertiary alicyclic amines) is 1. The number of carbonyl (C=O) groups is 1. The number of H-pyrrole nitrogens is 1. The van der Waals surface area contributed by atoms with Crippen molar-refractivity contribution in [3.8, 4) is 0 Å². The molecule has 156 valence electrons. The Hall–Kier alpha value is -2.66. The highest BCUT2D eigenvalue weighted by atomic mass is 19.1. The molecule has 3 aromatic rings. The minimum absolute atomic E-state index is 0.182. The molecule has 0 bridgehead atoms. The molecule has 0 spiro atoms. The zero-order valence-corrected chi connectivity index (χ0v) is 17.2. The Morgan fingerprint density at radius 1 is 1.10 bits per heavy atom. The zero-order chi connectivity index (χ0) is 20.5. The highest BCUT2D eigenvalue weighted by molar-refractivity contribution is 5.94. The first-order chi connectivity index (χ1) is 14.7. The van der Waals surface area contributed by atoms with E-state index in [1.165, 1.54) is 17.2 Å². The van der Waals surface area contributed by atoms with E-state index in [0.29, 0.717) is 12.3 Å². The molecule has 3 heterocycles. The van der Waals surface area contributed by atoms with Gasteiger partial charge in [-0.25, -0.2) is 4.39 Å². The minimum atomic E-state index is -0.182. The van der Waals surface area contributed by atoms with E-state index in [-0.39, 0.29) is 11.7 Å². The Kier molecular flexibility index (Phi) is 5.30. The lowest BCUT2D eigenvalue weighted by Crippen LogP contribution is -2.39. The predicted molar refractivity (Wildman–Crippen MR) is 118 cm³/mol. The number of hydrogen-bond acceptors (Lipinski definition) is 2. The van der Waals surface area contributed by atoms with Crippen LogP contribution in [0, 0.1) is 5.82 Å². The van der Waals surface area contributed by atoms with Crippen molar-refractivity contribution >= 4 is 22.5 Å². The number of hydrogen-bond donors (Lipinski definition) is 1. The van der Waals surface area contributed by atoms with Gasteiger partial charge in [-0.05, 0) is 80.1 Å². The van der Waals surface area contributed by atoms with Gasteiger partial charge in [-0.3, -0.25) is 4.79 Å². The van der Waals surface area contributed by atoms with Gasteiger partial charge in [-0.15, -0.1) is 0 Å². The van der Waals surface area contributed by atoms with E-state index in [1.54, 1.807) is 6.07 Å². The van der Waals surface area contributed by atoms with Gasteiger partial charge in [-0.2, -0.15) is 0 Å². The van der Waals surface area contributed by atoms with Crippen molar-refractivity contribution in [2.24, 2.45) is 0 Å². The molecule has 0 unspecified atom stereocenters. The van der Waals surface area contributed by atoms with Gasteiger partial charge < -0.3 is 14.8 Å². The number of piperidine rings is 1. The van der Waals surface area contributed by atoms with E-state index >= 15 is 0 Å². The Balaban J connectivity index is 1.17. The van der Waals surface area contributed by atoms with Crippen LogP contribution in [0.25, 0.3) is 10.9 Å². The van der Waals surface area contributed by atoms with Gasteiger partial charge in [0.1, 0.15) is 5.82 Å². The first-order valence-corrected chi connectivity index (χ1v) is 11.1. The quantitative estimate of drug-likeness (QED) is 0.674. The number of aromatic nitrogens is 1. The standard InChI is InChI=1S/C25H28FN3O/c26-20-7-8-23-21(16-20)22(17-27-23)18-9-13-28(14-10-18)15-11-25(30)29-12-3-5-19-4-1-2-6-24(19)29/h1-2,4,6-8,16-18,27H,3,5,9-15H2. The Morgan fingerprint density at radius 2 is 1.93 bits per heavy atom. The number of para-hydroxylation sites is 1. The molecule has 1 aromatic heterocycles. The summed E-state index contributed by atoms with van der Waals surface area (Å²) < 4.78 is 13.7. The van der Waals surface area contributed by atoms with Crippen LogP contribution in [-0.2, 0) is 11.2 Å². The molecule has 1 amide bonds. The number of aromatic amines is 1. The Bertz CT molecular complexity index is 1050. The molecule has 2 aromatic carbocycles. The minimum Gasteiger partial charge on any atom is -0.361 e. The number of halogens is 1. The number of nitrogens with zero attached hydrogens (tertiary/aromatic N) is 2. The molecule has 1 saturated heterocycles.